The summed E-state index contributed by atoms with van der Waals surface area (Å²) in [4.78, 5) is 22.3. The molecule has 0 radical (unpaired) electrons. The molecule has 2 N–H and O–H groups in total. The lowest BCUT2D eigenvalue weighted by atomic mass is 9.39. The molecule has 1 aliphatic heterocycles. The molecule has 3 saturated carbocycles. The van der Waals surface area contributed by atoms with Crippen molar-refractivity contribution in [3.63, 3.8) is 0 Å². The van der Waals surface area contributed by atoms with Crippen LogP contribution in [0.2, 0.25) is 0 Å². The van der Waals surface area contributed by atoms with E-state index in [0.717, 1.165) is 74.7 Å². The van der Waals surface area contributed by atoms with E-state index >= 15 is 0 Å². The predicted molar refractivity (Wildman–Crippen MR) is 157 cm³/mol. The second-order valence-electron chi connectivity index (χ2n) is 13.1. The van der Waals surface area contributed by atoms with E-state index < -0.39 is 12.6 Å². The van der Waals surface area contributed by atoms with Gasteiger partial charge in [-0.25, -0.2) is 9.97 Å². The van der Waals surface area contributed by atoms with Crippen LogP contribution in [0.15, 0.2) is 30.7 Å². The standard InChI is InChI=1S/C32H38F3N7O/c1-21-24(5-6-28-27(21)12-26(13-36)42(28)19-30-16-31(17-30,18-30)40-22(2)43)15-41-10-7-25(8-11-41)39-29-23(14-37-20-38-29)4-3-9-32(33,34)35/h5-6,12,14,20,25H,3-4,7-11,15-19H2,1-2H3,(H,40,43)(H,37,38,39). The molecule has 1 amide bonds. The van der Waals surface area contributed by atoms with Crippen LogP contribution in [0.1, 0.15) is 74.3 Å². The molecule has 0 atom stereocenters. The number of aromatic nitrogens is 3. The van der Waals surface area contributed by atoms with Gasteiger partial charge in [-0.15, -0.1) is 0 Å². The number of halogens is 3. The number of aryl methyl sites for hydroxylation is 2. The summed E-state index contributed by atoms with van der Waals surface area (Å²) in [5.74, 6) is 0.665. The Balaban J connectivity index is 1.06. The highest BCUT2D eigenvalue weighted by atomic mass is 19.4. The van der Waals surface area contributed by atoms with E-state index in [1.54, 1.807) is 13.1 Å². The SMILES string of the molecule is CC(=O)NC12CC(Cn3c(C#N)cc4c(C)c(CN5CCC(Nc6ncncc6CCCC(F)(F)F)CC5)ccc43)(C1)C2. The quantitative estimate of drug-likeness (QED) is 0.316. The number of carbonyl (C=O) groups is 1. The Labute approximate surface area is 249 Å². The number of nitriles is 1. The molecule has 43 heavy (non-hydrogen) atoms. The predicted octanol–water partition coefficient (Wildman–Crippen LogP) is 5.63. The summed E-state index contributed by atoms with van der Waals surface area (Å²) in [6.07, 6.45) is 3.13. The summed E-state index contributed by atoms with van der Waals surface area (Å²) in [5, 5.41) is 17.6. The number of likely N-dealkylation sites (tertiary alicyclic amines) is 1. The molecule has 4 fully saturated rings. The number of hydrogen-bond donors (Lipinski definition) is 2. The van der Waals surface area contributed by atoms with Gasteiger partial charge < -0.3 is 15.2 Å². The fraction of sp³-hybridized carbons (Fsp3) is 0.562. The average molecular weight is 594 g/mol. The lowest BCUT2D eigenvalue weighted by Gasteiger charge is -2.70. The number of hydrogen-bond acceptors (Lipinski definition) is 6. The van der Waals surface area contributed by atoms with Gasteiger partial charge in [-0.3, -0.25) is 9.69 Å². The molecule has 11 heteroatoms. The van der Waals surface area contributed by atoms with Crippen molar-refractivity contribution in [3.8, 4) is 6.07 Å². The van der Waals surface area contributed by atoms with Gasteiger partial charge in [-0.2, -0.15) is 18.4 Å². The number of rotatable bonds is 10. The Morgan fingerprint density at radius 3 is 2.60 bits per heavy atom. The zero-order chi connectivity index (χ0) is 30.4. The first-order valence-electron chi connectivity index (χ1n) is 15.1. The maximum atomic E-state index is 12.6. The normalized spacial score (nSPS) is 23.8. The maximum absolute atomic E-state index is 12.6. The van der Waals surface area contributed by atoms with Crippen LogP contribution < -0.4 is 10.6 Å². The monoisotopic (exact) mass is 593 g/mol. The van der Waals surface area contributed by atoms with Crippen LogP contribution in [0.5, 0.6) is 0 Å². The van der Waals surface area contributed by atoms with E-state index in [2.05, 4.69) is 55.2 Å². The third-order valence-electron chi connectivity index (χ3n) is 9.67. The summed E-state index contributed by atoms with van der Waals surface area (Å²) in [7, 11) is 0. The van der Waals surface area contributed by atoms with Crippen LogP contribution in [0.4, 0.5) is 19.0 Å². The van der Waals surface area contributed by atoms with E-state index in [4.69, 9.17) is 0 Å². The molecule has 4 aliphatic rings. The van der Waals surface area contributed by atoms with Crippen LogP contribution in [-0.2, 0) is 24.3 Å². The second-order valence-corrected chi connectivity index (χ2v) is 13.1. The Morgan fingerprint density at radius 1 is 1.19 bits per heavy atom. The molecule has 1 aromatic carbocycles. The molecule has 7 rings (SSSR count). The minimum Gasteiger partial charge on any atom is -0.367 e. The molecule has 2 aromatic heterocycles. The number of anilines is 1. The van der Waals surface area contributed by atoms with E-state index in [-0.39, 0.29) is 35.7 Å². The third-order valence-corrected chi connectivity index (χ3v) is 9.67. The van der Waals surface area contributed by atoms with E-state index in [9.17, 15) is 23.2 Å². The summed E-state index contributed by atoms with van der Waals surface area (Å²) in [5.41, 5.74) is 5.09. The van der Waals surface area contributed by atoms with Gasteiger partial charge in [0.2, 0.25) is 5.91 Å². The highest BCUT2D eigenvalue weighted by molar-refractivity contribution is 5.86. The number of amides is 1. The van der Waals surface area contributed by atoms with Crippen molar-refractivity contribution in [1.29, 1.82) is 5.26 Å². The number of piperidine rings is 1. The summed E-state index contributed by atoms with van der Waals surface area (Å²) in [6, 6.07) is 8.97. The smallest absolute Gasteiger partial charge is 0.367 e. The molecule has 2 bridgehead atoms. The largest absolute Gasteiger partial charge is 0.389 e. The van der Waals surface area contributed by atoms with Crippen LogP contribution in [0.25, 0.3) is 10.9 Å². The zero-order valence-corrected chi connectivity index (χ0v) is 24.7. The van der Waals surface area contributed by atoms with Gasteiger partial charge in [0, 0.05) is 73.8 Å². The maximum Gasteiger partial charge on any atom is 0.389 e. The van der Waals surface area contributed by atoms with Crippen LogP contribution in [0.3, 0.4) is 0 Å². The van der Waals surface area contributed by atoms with Crippen molar-refractivity contribution in [3.05, 3.63) is 53.1 Å². The molecule has 8 nitrogen and oxygen atoms in total. The highest BCUT2D eigenvalue weighted by Gasteiger charge is 2.68. The van der Waals surface area contributed by atoms with Gasteiger partial charge >= 0.3 is 6.18 Å². The van der Waals surface area contributed by atoms with Gasteiger partial charge in [-0.05, 0) is 80.5 Å². The van der Waals surface area contributed by atoms with Crippen molar-refractivity contribution in [2.24, 2.45) is 5.41 Å². The fourth-order valence-corrected chi connectivity index (χ4v) is 7.78. The third kappa shape index (κ3) is 6.07. The summed E-state index contributed by atoms with van der Waals surface area (Å²) < 4.78 is 40.0. The summed E-state index contributed by atoms with van der Waals surface area (Å²) in [6.45, 7) is 7.13. The van der Waals surface area contributed by atoms with Crippen molar-refractivity contribution >= 4 is 22.6 Å². The second kappa shape index (κ2) is 11.1. The van der Waals surface area contributed by atoms with Gasteiger partial charge in [0.1, 0.15) is 23.9 Å². The average Bonchev–Trinajstić information content (AvgIpc) is 3.27. The van der Waals surface area contributed by atoms with Crippen molar-refractivity contribution < 1.29 is 18.0 Å². The molecule has 1 saturated heterocycles. The minimum absolute atomic E-state index is 0.0209. The zero-order valence-electron chi connectivity index (χ0n) is 24.7. The van der Waals surface area contributed by atoms with Crippen molar-refractivity contribution in [2.75, 3.05) is 18.4 Å². The van der Waals surface area contributed by atoms with E-state index in [1.807, 2.05) is 6.07 Å². The Hall–Kier alpha value is -3.65. The first-order valence-corrected chi connectivity index (χ1v) is 15.1. The highest BCUT2D eigenvalue weighted by Crippen LogP contribution is 2.68. The molecule has 3 heterocycles. The molecule has 228 valence electrons. The van der Waals surface area contributed by atoms with Crippen molar-refractivity contribution in [2.45, 2.75) is 96.1 Å². The molecule has 0 unspecified atom stereocenters. The number of carbonyl (C=O) groups excluding carboxylic acids is 1. The Bertz CT molecular complexity index is 1550. The molecule has 3 aromatic rings. The van der Waals surface area contributed by atoms with Gasteiger partial charge in [0.25, 0.3) is 0 Å². The first kappa shape index (κ1) is 29.4. The molecular formula is C32H38F3N7O. The van der Waals surface area contributed by atoms with Gasteiger partial charge in [-0.1, -0.05) is 6.07 Å². The lowest BCUT2D eigenvalue weighted by Crippen LogP contribution is -2.75. The molecular weight excluding hydrogens is 555 g/mol. The number of fused-ring (bicyclic) bond motifs is 1. The minimum atomic E-state index is -4.16. The van der Waals surface area contributed by atoms with E-state index in [1.165, 1.54) is 17.5 Å². The molecule has 3 aliphatic carbocycles. The van der Waals surface area contributed by atoms with Gasteiger partial charge in [0.15, 0.2) is 0 Å². The lowest BCUT2D eigenvalue weighted by molar-refractivity contribution is -0.170. The number of nitrogens with zero attached hydrogens (tertiary/aromatic N) is 5. The summed E-state index contributed by atoms with van der Waals surface area (Å²) >= 11 is 0. The van der Waals surface area contributed by atoms with Crippen LogP contribution in [-0.4, -0.2) is 56.2 Å². The Morgan fingerprint density at radius 2 is 1.93 bits per heavy atom. The number of alkyl halides is 3. The van der Waals surface area contributed by atoms with Gasteiger partial charge in [0.05, 0.1) is 0 Å². The molecule has 0 spiro atoms. The first-order chi connectivity index (χ1) is 20.5. The topological polar surface area (TPSA) is 98.9 Å². The van der Waals surface area contributed by atoms with Crippen LogP contribution >= 0.6 is 0 Å². The number of nitrogens with one attached hydrogen (secondary N) is 2. The number of benzene rings is 1. The Kier molecular flexibility index (Phi) is 7.61. The van der Waals surface area contributed by atoms with Crippen LogP contribution in [0, 0.1) is 23.7 Å². The fourth-order valence-electron chi connectivity index (χ4n) is 7.78. The van der Waals surface area contributed by atoms with Crippen molar-refractivity contribution in [1.82, 2.24) is 24.8 Å². The van der Waals surface area contributed by atoms with E-state index in [0.29, 0.717) is 11.5 Å².